The number of hydrogen-bond donors (Lipinski definition) is 0. The summed E-state index contributed by atoms with van der Waals surface area (Å²) in [6.07, 6.45) is -4.61. The molecule has 0 radical (unpaired) electrons. The van der Waals surface area contributed by atoms with Gasteiger partial charge in [-0.2, -0.15) is 18.3 Å². The lowest BCUT2D eigenvalue weighted by molar-refractivity contribution is -0.140. The highest BCUT2D eigenvalue weighted by molar-refractivity contribution is 9.10. The number of para-hydroxylation sites is 1. The molecule has 0 unspecified atom stereocenters. The van der Waals surface area contributed by atoms with Gasteiger partial charge in [-0.05, 0) is 35.9 Å². The summed E-state index contributed by atoms with van der Waals surface area (Å²) in [5, 5.41) is 3.78. The van der Waals surface area contributed by atoms with E-state index in [-0.39, 0.29) is 11.3 Å². The number of fused-ring (bicyclic) bond motifs is 1. The Balaban J connectivity index is 1.36. The SMILES string of the molecule is O=C(c1cc2c(C(F)(F)F)nn(-c3ccccc3)c2s1)N1CCN(Cc2cccc(Br)c2)CC1. The van der Waals surface area contributed by atoms with Gasteiger partial charge in [0.15, 0.2) is 5.69 Å². The normalized spacial score (nSPS) is 15.2. The van der Waals surface area contributed by atoms with Gasteiger partial charge in [-0.1, -0.05) is 46.3 Å². The van der Waals surface area contributed by atoms with Crippen LogP contribution in [-0.2, 0) is 12.7 Å². The van der Waals surface area contributed by atoms with Crippen LogP contribution in [0.1, 0.15) is 20.9 Å². The average molecular weight is 549 g/mol. The van der Waals surface area contributed by atoms with Crippen molar-refractivity contribution in [2.75, 3.05) is 26.2 Å². The Hall–Kier alpha value is -2.69. The second-order valence-electron chi connectivity index (χ2n) is 8.12. The topological polar surface area (TPSA) is 41.4 Å². The zero-order chi connectivity index (χ0) is 23.9. The van der Waals surface area contributed by atoms with Crippen LogP contribution in [0.25, 0.3) is 15.9 Å². The van der Waals surface area contributed by atoms with Crippen molar-refractivity contribution in [1.29, 1.82) is 0 Å². The highest BCUT2D eigenvalue weighted by Gasteiger charge is 2.38. The van der Waals surface area contributed by atoms with Crippen LogP contribution in [0.4, 0.5) is 13.2 Å². The van der Waals surface area contributed by atoms with E-state index in [0.29, 0.717) is 41.6 Å². The highest BCUT2D eigenvalue weighted by Crippen LogP contribution is 2.39. The molecule has 2 aromatic heterocycles. The van der Waals surface area contributed by atoms with Crippen LogP contribution in [0.5, 0.6) is 0 Å². The van der Waals surface area contributed by atoms with Gasteiger partial charge in [-0.15, -0.1) is 11.3 Å². The van der Waals surface area contributed by atoms with Gasteiger partial charge in [0, 0.05) is 42.6 Å². The summed E-state index contributed by atoms with van der Waals surface area (Å²) in [6, 6.07) is 18.1. The first-order valence-electron chi connectivity index (χ1n) is 10.7. The minimum absolute atomic E-state index is 0.0435. The fourth-order valence-corrected chi connectivity index (χ4v) is 5.67. The summed E-state index contributed by atoms with van der Waals surface area (Å²) in [5.74, 6) is -0.240. The van der Waals surface area contributed by atoms with E-state index in [1.54, 1.807) is 35.2 Å². The van der Waals surface area contributed by atoms with Crippen LogP contribution in [0.3, 0.4) is 0 Å². The van der Waals surface area contributed by atoms with E-state index in [1.807, 2.05) is 12.1 Å². The lowest BCUT2D eigenvalue weighted by Crippen LogP contribution is -2.48. The third-order valence-electron chi connectivity index (χ3n) is 5.79. The van der Waals surface area contributed by atoms with Crippen LogP contribution in [0.2, 0.25) is 0 Å². The third-order valence-corrected chi connectivity index (χ3v) is 7.39. The number of thiophene rings is 1. The smallest absolute Gasteiger partial charge is 0.335 e. The summed E-state index contributed by atoms with van der Waals surface area (Å²) in [5.41, 5.74) is 0.731. The molecule has 0 aliphatic carbocycles. The highest BCUT2D eigenvalue weighted by atomic mass is 79.9. The van der Waals surface area contributed by atoms with E-state index >= 15 is 0 Å². The molecule has 176 valence electrons. The van der Waals surface area contributed by atoms with Gasteiger partial charge in [0.2, 0.25) is 0 Å². The van der Waals surface area contributed by atoms with Crippen LogP contribution in [0, 0.1) is 0 Å². The van der Waals surface area contributed by atoms with Crippen LogP contribution >= 0.6 is 27.3 Å². The molecule has 0 bridgehead atoms. The van der Waals surface area contributed by atoms with Crippen LogP contribution in [-0.4, -0.2) is 51.7 Å². The Morgan fingerprint density at radius 1 is 1.00 bits per heavy atom. The minimum atomic E-state index is -4.61. The first-order chi connectivity index (χ1) is 16.3. The predicted octanol–water partition coefficient (Wildman–Crippen LogP) is 5.83. The minimum Gasteiger partial charge on any atom is -0.335 e. The lowest BCUT2D eigenvalue weighted by Gasteiger charge is -2.34. The zero-order valence-corrected chi connectivity index (χ0v) is 20.3. The second-order valence-corrected chi connectivity index (χ2v) is 10.1. The Bertz CT molecular complexity index is 1330. The molecule has 0 N–H and O–H groups in total. The van der Waals surface area contributed by atoms with Crippen molar-refractivity contribution in [3.05, 3.63) is 81.3 Å². The van der Waals surface area contributed by atoms with Crippen molar-refractivity contribution in [2.24, 2.45) is 0 Å². The lowest BCUT2D eigenvalue weighted by atomic mass is 10.2. The number of carbonyl (C=O) groups excluding carboxylic acids is 1. The summed E-state index contributed by atoms with van der Waals surface area (Å²) < 4.78 is 43.3. The molecule has 2 aromatic carbocycles. The number of hydrogen-bond acceptors (Lipinski definition) is 4. The van der Waals surface area contributed by atoms with Crippen molar-refractivity contribution in [3.8, 4) is 5.69 Å². The van der Waals surface area contributed by atoms with Crippen molar-refractivity contribution >= 4 is 43.4 Å². The summed E-state index contributed by atoms with van der Waals surface area (Å²) in [7, 11) is 0. The first kappa shape index (κ1) is 23.1. The number of aromatic nitrogens is 2. The monoisotopic (exact) mass is 548 g/mol. The number of nitrogens with zero attached hydrogens (tertiary/aromatic N) is 4. The van der Waals surface area contributed by atoms with Gasteiger partial charge in [0.05, 0.1) is 10.6 Å². The summed E-state index contributed by atoms with van der Waals surface area (Å²) in [6.45, 7) is 3.24. The maximum atomic E-state index is 13.7. The van der Waals surface area contributed by atoms with Gasteiger partial charge in [0.25, 0.3) is 5.91 Å². The largest absolute Gasteiger partial charge is 0.435 e. The molecule has 5 nitrogen and oxygen atoms in total. The van der Waals surface area contributed by atoms with Crippen molar-refractivity contribution in [2.45, 2.75) is 12.7 Å². The molecule has 1 aliphatic heterocycles. The predicted molar refractivity (Wildman–Crippen MR) is 129 cm³/mol. The molecule has 1 saturated heterocycles. The average Bonchev–Trinajstić information content (AvgIpc) is 3.39. The summed E-state index contributed by atoms with van der Waals surface area (Å²) >= 11 is 4.54. The molecule has 1 amide bonds. The molecule has 5 rings (SSSR count). The quantitative estimate of drug-likeness (QED) is 0.322. The Morgan fingerprint density at radius 2 is 1.74 bits per heavy atom. The first-order valence-corrected chi connectivity index (χ1v) is 12.3. The van der Waals surface area contributed by atoms with Gasteiger partial charge in [0.1, 0.15) is 4.83 Å². The van der Waals surface area contributed by atoms with Crippen molar-refractivity contribution in [1.82, 2.24) is 19.6 Å². The number of alkyl halides is 3. The molecular formula is C24H20BrF3N4OS. The van der Waals surface area contributed by atoms with E-state index in [1.165, 1.54) is 16.3 Å². The van der Waals surface area contributed by atoms with E-state index in [0.717, 1.165) is 22.4 Å². The maximum Gasteiger partial charge on any atom is 0.435 e. The van der Waals surface area contributed by atoms with Crippen molar-refractivity contribution in [3.63, 3.8) is 0 Å². The standard InChI is InChI=1S/C24H20BrF3N4OS/c25-17-6-4-5-16(13-17)15-30-9-11-31(12-10-30)22(33)20-14-19-21(24(26,27)28)29-32(23(19)34-20)18-7-2-1-3-8-18/h1-8,13-14H,9-12,15H2. The van der Waals surface area contributed by atoms with Gasteiger partial charge < -0.3 is 4.90 Å². The number of benzene rings is 2. The van der Waals surface area contributed by atoms with Gasteiger partial charge in [-0.25, -0.2) is 4.68 Å². The molecule has 10 heteroatoms. The molecule has 0 atom stereocenters. The van der Waals surface area contributed by atoms with Crippen LogP contribution < -0.4 is 0 Å². The molecule has 4 aromatic rings. The van der Waals surface area contributed by atoms with E-state index in [4.69, 9.17) is 0 Å². The Labute approximate surface area is 206 Å². The van der Waals surface area contributed by atoms with Crippen molar-refractivity contribution < 1.29 is 18.0 Å². The molecule has 0 spiro atoms. The third kappa shape index (κ3) is 4.62. The molecule has 0 saturated carbocycles. The number of halogens is 4. The number of amides is 1. The van der Waals surface area contributed by atoms with Gasteiger partial charge in [-0.3, -0.25) is 9.69 Å². The number of carbonyl (C=O) groups is 1. The fraction of sp³-hybridized carbons (Fsp3) is 0.250. The summed E-state index contributed by atoms with van der Waals surface area (Å²) in [4.78, 5) is 17.8. The Kier molecular flexibility index (Phi) is 6.22. The van der Waals surface area contributed by atoms with Crippen LogP contribution in [0.15, 0.2) is 65.1 Å². The maximum absolute atomic E-state index is 13.7. The number of rotatable bonds is 4. The zero-order valence-electron chi connectivity index (χ0n) is 17.9. The van der Waals surface area contributed by atoms with E-state index < -0.39 is 11.9 Å². The molecule has 3 heterocycles. The molecule has 1 aliphatic rings. The Morgan fingerprint density at radius 3 is 2.41 bits per heavy atom. The fourth-order valence-electron chi connectivity index (χ4n) is 4.13. The number of piperazine rings is 1. The van der Waals surface area contributed by atoms with E-state index in [9.17, 15) is 18.0 Å². The van der Waals surface area contributed by atoms with E-state index in [2.05, 4.69) is 38.1 Å². The van der Waals surface area contributed by atoms with Gasteiger partial charge >= 0.3 is 6.18 Å². The second kappa shape index (κ2) is 9.16. The molecule has 1 fully saturated rings. The molecular weight excluding hydrogens is 529 g/mol. The molecule has 34 heavy (non-hydrogen) atoms.